The predicted octanol–water partition coefficient (Wildman–Crippen LogP) is 14.9. The number of aryl methyl sites for hydroxylation is 1. The molecule has 0 radical (unpaired) electrons. The van der Waals surface area contributed by atoms with Crippen molar-refractivity contribution in [3.05, 3.63) is 229 Å². The largest absolute Gasteiger partial charge is 0.358 e. The Morgan fingerprint density at radius 3 is 2.24 bits per heavy atom. The van der Waals surface area contributed by atoms with Gasteiger partial charge in [0.25, 0.3) is 0 Å². The second-order valence-corrected chi connectivity index (χ2v) is 13.6. The molecule has 0 aliphatic heterocycles. The van der Waals surface area contributed by atoms with Gasteiger partial charge in [-0.15, -0.1) is 0 Å². The Morgan fingerprint density at radius 1 is 0.722 bits per heavy atom. The molecule has 7 rings (SSSR count). The average molecular weight is 696 g/mol. The SMILES string of the molecule is C=C/C(=C\C)c1ccc(C)c(/C=C\C(=C)c2ccc(-c3ccc(-c4cc5ccccc5c5ccccc45)cc3)cc2N/C2=C/C=C\C(=C)/C=C\C=C/C2)c1. The van der Waals surface area contributed by atoms with E-state index in [0.717, 1.165) is 62.3 Å². The van der Waals surface area contributed by atoms with E-state index in [1.54, 1.807) is 0 Å². The lowest BCUT2D eigenvalue weighted by Crippen LogP contribution is -2.02. The molecule has 1 N–H and O–H groups in total. The van der Waals surface area contributed by atoms with Crippen LogP contribution in [-0.2, 0) is 0 Å². The standard InChI is InChI=1S/C53H45N/c1-6-40(7-2)44-27-24-38(4)43(34-44)26-25-39(5)48-33-32-45(36-53(48)54-47-19-10-8-9-16-37(3)17-15-20-47)41-28-30-42(31-29-41)52-35-46-18-11-12-21-49(46)50-22-13-14-23-51(50)52/h6-18,20-36,54H,1,3,5,19H2,2,4H3/b10-8-,16-9-,17-15-,26-25-,40-7+,47-20+. The fourth-order valence-electron chi connectivity index (χ4n) is 7.05. The zero-order valence-corrected chi connectivity index (χ0v) is 31.1. The van der Waals surface area contributed by atoms with Crippen LogP contribution in [0.5, 0.6) is 0 Å². The van der Waals surface area contributed by atoms with E-state index in [2.05, 4.69) is 190 Å². The first-order chi connectivity index (χ1) is 26.4. The van der Waals surface area contributed by atoms with Gasteiger partial charge in [-0.3, -0.25) is 0 Å². The molecule has 54 heavy (non-hydrogen) atoms. The summed E-state index contributed by atoms with van der Waals surface area (Å²) >= 11 is 0. The number of hydrogen-bond acceptors (Lipinski definition) is 1. The van der Waals surface area contributed by atoms with E-state index in [4.69, 9.17) is 0 Å². The first kappa shape index (κ1) is 35.7. The number of benzene rings is 6. The van der Waals surface area contributed by atoms with Crippen molar-refractivity contribution in [1.29, 1.82) is 0 Å². The quantitative estimate of drug-likeness (QED) is 0.117. The van der Waals surface area contributed by atoms with Gasteiger partial charge in [-0.1, -0.05) is 178 Å². The molecule has 6 aromatic rings. The van der Waals surface area contributed by atoms with Crippen LogP contribution in [0.3, 0.4) is 0 Å². The number of nitrogens with one attached hydrogen (secondary N) is 1. The van der Waals surface area contributed by atoms with Crippen LogP contribution in [0.15, 0.2) is 207 Å². The molecule has 0 fully saturated rings. The zero-order valence-electron chi connectivity index (χ0n) is 31.1. The molecule has 0 unspecified atom stereocenters. The van der Waals surface area contributed by atoms with E-state index in [-0.39, 0.29) is 0 Å². The zero-order chi connectivity index (χ0) is 37.4. The molecule has 262 valence electrons. The fourth-order valence-corrected chi connectivity index (χ4v) is 7.05. The summed E-state index contributed by atoms with van der Waals surface area (Å²) in [7, 11) is 0. The number of anilines is 1. The van der Waals surface area contributed by atoms with Crippen molar-refractivity contribution in [1.82, 2.24) is 0 Å². The molecule has 0 saturated heterocycles. The Bertz CT molecular complexity index is 2600. The van der Waals surface area contributed by atoms with Crippen LogP contribution < -0.4 is 5.32 Å². The number of fused-ring (bicyclic) bond motifs is 3. The van der Waals surface area contributed by atoms with Gasteiger partial charge in [0.05, 0.1) is 0 Å². The van der Waals surface area contributed by atoms with Crippen molar-refractivity contribution < 1.29 is 0 Å². The van der Waals surface area contributed by atoms with Gasteiger partial charge in [-0.25, -0.2) is 0 Å². The Labute approximate surface area is 320 Å². The van der Waals surface area contributed by atoms with Crippen LogP contribution >= 0.6 is 0 Å². The Balaban J connectivity index is 1.25. The Morgan fingerprint density at radius 2 is 1.44 bits per heavy atom. The smallest absolute Gasteiger partial charge is 0.0467 e. The maximum absolute atomic E-state index is 4.56. The van der Waals surface area contributed by atoms with Crippen molar-refractivity contribution in [3.63, 3.8) is 0 Å². The molecule has 6 aromatic carbocycles. The van der Waals surface area contributed by atoms with E-state index in [1.165, 1.54) is 38.2 Å². The molecule has 1 aliphatic carbocycles. The second-order valence-electron chi connectivity index (χ2n) is 13.6. The lowest BCUT2D eigenvalue weighted by molar-refractivity contribution is 1.21. The highest BCUT2D eigenvalue weighted by molar-refractivity contribution is 6.13. The van der Waals surface area contributed by atoms with E-state index in [1.807, 2.05) is 31.2 Å². The van der Waals surface area contributed by atoms with Crippen LogP contribution in [0.4, 0.5) is 5.69 Å². The highest BCUT2D eigenvalue weighted by Crippen LogP contribution is 2.37. The van der Waals surface area contributed by atoms with Crippen LogP contribution in [0.25, 0.3) is 61.0 Å². The molecule has 1 nitrogen and oxygen atoms in total. The molecule has 0 spiro atoms. The van der Waals surface area contributed by atoms with Gasteiger partial charge >= 0.3 is 0 Å². The predicted molar refractivity (Wildman–Crippen MR) is 238 cm³/mol. The summed E-state index contributed by atoms with van der Waals surface area (Å²) in [5.41, 5.74) is 14.3. The minimum absolute atomic E-state index is 0.754. The van der Waals surface area contributed by atoms with Crippen molar-refractivity contribution in [2.45, 2.75) is 20.3 Å². The summed E-state index contributed by atoms with van der Waals surface area (Å²) in [5.74, 6) is 0. The average Bonchev–Trinajstić information content (AvgIpc) is 3.20. The highest BCUT2D eigenvalue weighted by Gasteiger charge is 2.12. The molecular formula is C53H45N. The number of rotatable bonds is 9. The molecule has 1 aliphatic rings. The van der Waals surface area contributed by atoms with Crippen molar-refractivity contribution in [2.75, 3.05) is 5.32 Å². The normalized spacial score (nSPS) is 16.1. The van der Waals surface area contributed by atoms with E-state index in [0.29, 0.717) is 0 Å². The summed E-state index contributed by atoms with van der Waals surface area (Å²) in [6, 6.07) is 41.8. The van der Waals surface area contributed by atoms with Gasteiger partial charge in [-0.05, 0) is 115 Å². The summed E-state index contributed by atoms with van der Waals surface area (Å²) in [6.45, 7) is 16.9. The molecule has 0 bridgehead atoms. The minimum atomic E-state index is 0.754. The third-order valence-electron chi connectivity index (χ3n) is 10.1. The van der Waals surface area contributed by atoms with Gasteiger partial charge < -0.3 is 5.32 Å². The molecular weight excluding hydrogens is 651 g/mol. The molecule has 0 heterocycles. The Kier molecular flexibility index (Phi) is 10.8. The molecule has 1 heteroatoms. The van der Waals surface area contributed by atoms with Gasteiger partial charge in [0.2, 0.25) is 0 Å². The second kappa shape index (κ2) is 16.3. The van der Waals surface area contributed by atoms with Crippen LogP contribution in [0, 0.1) is 6.92 Å². The maximum atomic E-state index is 4.56. The van der Waals surface area contributed by atoms with E-state index in [9.17, 15) is 0 Å². The Hall–Kier alpha value is -6.70. The summed E-state index contributed by atoms with van der Waals surface area (Å²) in [4.78, 5) is 0. The third kappa shape index (κ3) is 7.87. The van der Waals surface area contributed by atoms with Gasteiger partial charge in [0, 0.05) is 23.4 Å². The lowest BCUT2D eigenvalue weighted by atomic mass is 9.92. The number of allylic oxidation sites excluding steroid dienone is 13. The summed E-state index contributed by atoms with van der Waals surface area (Å²) < 4.78 is 0. The first-order valence-electron chi connectivity index (χ1n) is 18.5. The summed E-state index contributed by atoms with van der Waals surface area (Å²) in [6.07, 6.45) is 23.5. The van der Waals surface area contributed by atoms with Crippen LogP contribution in [0.1, 0.15) is 35.6 Å². The van der Waals surface area contributed by atoms with Crippen molar-refractivity contribution in [3.8, 4) is 22.3 Å². The van der Waals surface area contributed by atoms with Crippen LogP contribution in [-0.4, -0.2) is 0 Å². The fraction of sp³-hybridized carbons (Fsp3) is 0.0566. The lowest BCUT2D eigenvalue weighted by Gasteiger charge is -2.17. The summed E-state index contributed by atoms with van der Waals surface area (Å²) in [5, 5.41) is 8.85. The van der Waals surface area contributed by atoms with Gasteiger partial charge in [0.1, 0.15) is 0 Å². The third-order valence-corrected chi connectivity index (χ3v) is 10.1. The molecule has 0 aromatic heterocycles. The molecule has 0 amide bonds. The van der Waals surface area contributed by atoms with Gasteiger partial charge in [-0.2, -0.15) is 0 Å². The monoisotopic (exact) mass is 695 g/mol. The first-order valence-corrected chi connectivity index (χ1v) is 18.5. The minimum Gasteiger partial charge on any atom is -0.358 e. The molecule has 0 saturated carbocycles. The van der Waals surface area contributed by atoms with E-state index < -0.39 is 0 Å². The highest BCUT2D eigenvalue weighted by atomic mass is 14.9. The topological polar surface area (TPSA) is 12.0 Å². The number of hydrogen-bond donors (Lipinski definition) is 1. The van der Waals surface area contributed by atoms with Crippen LogP contribution in [0.2, 0.25) is 0 Å². The maximum Gasteiger partial charge on any atom is 0.0467 e. The molecule has 0 atom stereocenters. The van der Waals surface area contributed by atoms with Crippen molar-refractivity contribution >= 4 is 44.5 Å². The van der Waals surface area contributed by atoms with E-state index >= 15 is 0 Å². The van der Waals surface area contributed by atoms with Gasteiger partial charge in [0.15, 0.2) is 0 Å². The van der Waals surface area contributed by atoms with Crippen molar-refractivity contribution in [2.24, 2.45) is 0 Å².